The largest absolute Gasteiger partial charge is 0.508 e. The van der Waals surface area contributed by atoms with Gasteiger partial charge >= 0.3 is 6.09 Å². The standard InChI is InChI=1S/C14H22N2O3S.C8H14O/c1-11(2)10-16(8-4-7-15-14(18)19)20-13-6-3-5-12(17)9-13;1-2-5-8(4-1)6-3-7-9-8/h3,5-6,9,11,15,17H,4,7-8,10H2,1-2H3,(H,18,19);1-7H2. The third kappa shape index (κ3) is 9.28. The normalized spacial score (nSPS) is 17.5. The predicted molar refractivity (Wildman–Crippen MR) is 117 cm³/mol. The molecule has 164 valence electrons. The fourth-order valence-electron chi connectivity index (χ4n) is 3.89. The van der Waals surface area contributed by atoms with Crippen molar-refractivity contribution < 1.29 is 19.7 Å². The van der Waals surface area contributed by atoms with E-state index < -0.39 is 6.09 Å². The smallest absolute Gasteiger partial charge is 0.404 e. The minimum absolute atomic E-state index is 0.257. The Balaban J connectivity index is 0.000000272. The van der Waals surface area contributed by atoms with Crippen molar-refractivity contribution in [1.82, 2.24) is 9.62 Å². The van der Waals surface area contributed by atoms with E-state index in [9.17, 15) is 9.90 Å². The van der Waals surface area contributed by atoms with Gasteiger partial charge in [-0.3, -0.25) is 0 Å². The molecule has 0 aromatic heterocycles. The van der Waals surface area contributed by atoms with Crippen molar-refractivity contribution in [3.8, 4) is 5.75 Å². The molecule has 0 radical (unpaired) electrons. The van der Waals surface area contributed by atoms with Crippen molar-refractivity contribution in [2.24, 2.45) is 5.92 Å². The number of nitrogens with zero attached hydrogens (tertiary/aromatic N) is 1. The highest BCUT2D eigenvalue weighted by molar-refractivity contribution is 7.97. The first kappa shape index (κ1) is 23.8. The van der Waals surface area contributed by atoms with Crippen molar-refractivity contribution in [1.29, 1.82) is 0 Å². The van der Waals surface area contributed by atoms with Gasteiger partial charge in [0.15, 0.2) is 0 Å². The van der Waals surface area contributed by atoms with Crippen LogP contribution in [0, 0.1) is 5.92 Å². The molecule has 29 heavy (non-hydrogen) atoms. The van der Waals surface area contributed by atoms with Crippen LogP contribution in [-0.2, 0) is 4.74 Å². The number of hydrogen-bond donors (Lipinski definition) is 3. The Hall–Kier alpha value is -1.44. The molecule has 1 spiro atoms. The highest BCUT2D eigenvalue weighted by Gasteiger charge is 2.37. The quantitative estimate of drug-likeness (QED) is 0.397. The maximum Gasteiger partial charge on any atom is 0.404 e. The van der Waals surface area contributed by atoms with Crippen LogP contribution in [0.15, 0.2) is 29.2 Å². The van der Waals surface area contributed by atoms with Gasteiger partial charge in [0.2, 0.25) is 0 Å². The lowest BCUT2D eigenvalue weighted by molar-refractivity contribution is 0.0105. The highest BCUT2D eigenvalue weighted by Crippen LogP contribution is 2.40. The molecule has 0 bridgehead atoms. The molecule has 1 heterocycles. The lowest BCUT2D eigenvalue weighted by Crippen LogP contribution is -2.27. The lowest BCUT2D eigenvalue weighted by atomic mass is 9.99. The van der Waals surface area contributed by atoms with Crippen LogP contribution in [-0.4, -0.2) is 52.5 Å². The van der Waals surface area contributed by atoms with E-state index in [2.05, 4.69) is 23.5 Å². The Morgan fingerprint density at radius 3 is 2.59 bits per heavy atom. The molecular formula is C22H36N2O4S. The van der Waals surface area contributed by atoms with Crippen LogP contribution in [0.5, 0.6) is 5.75 Å². The molecule has 3 N–H and O–H groups in total. The summed E-state index contributed by atoms with van der Waals surface area (Å²) in [5.74, 6) is 0.777. The Kier molecular flexibility index (Phi) is 10.1. The minimum atomic E-state index is -0.985. The number of hydrogen-bond acceptors (Lipinski definition) is 5. The summed E-state index contributed by atoms with van der Waals surface area (Å²) in [6, 6.07) is 7.14. The van der Waals surface area contributed by atoms with Crippen molar-refractivity contribution in [2.75, 3.05) is 26.2 Å². The van der Waals surface area contributed by atoms with E-state index in [1.165, 1.54) is 38.5 Å². The molecule has 1 aliphatic carbocycles. The lowest BCUT2D eigenvalue weighted by Gasteiger charge is -2.23. The van der Waals surface area contributed by atoms with Crippen LogP contribution >= 0.6 is 11.9 Å². The summed E-state index contributed by atoms with van der Waals surface area (Å²) in [5.41, 5.74) is 0.389. The molecule has 6 nitrogen and oxygen atoms in total. The first-order chi connectivity index (χ1) is 13.9. The van der Waals surface area contributed by atoms with Gasteiger partial charge in [0.1, 0.15) is 5.75 Å². The molecule has 0 unspecified atom stereocenters. The Morgan fingerprint density at radius 1 is 1.28 bits per heavy atom. The number of carboxylic acid groups (broad SMARTS) is 1. The van der Waals surface area contributed by atoms with Gasteiger partial charge in [-0.1, -0.05) is 32.8 Å². The first-order valence-corrected chi connectivity index (χ1v) is 11.5. The second kappa shape index (κ2) is 12.3. The molecule has 1 aromatic rings. The van der Waals surface area contributed by atoms with E-state index in [1.807, 2.05) is 12.1 Å². The van der Waals surface area contributed by atoms with Crippen molar-refractivity contribution >= 4 is 18.0 Å². The molecule has 1 aliphatic heterocycles. The number of aromatic hydroxyl groups is 1. The molecule has 1 saturated heterocycles. The maximum atomic E-state index is 10.4. The number of ether oxygens (including phenoxy) is 1. The number of benzene rings is 1. The second-order valence-electron chi connectivity index (χ2n) is 8.30. The average molecular weight is 425 g/mol. The van der Waals surface area contributed by atoms with E-state index in [0.717, 1.165) is 31.0 Å². The van der Waals surface area contributed by atoms with Crippen LogP contribution in [0.4, 0.5) is 4.79 Å². The molecular weight excluding hydrogens is 388 g/mol. The van der Waals surface area contributed by atoms with Crippen LogP contribution in [0.1, 0.15) is 58.8 Å². The van der Waals surface area contributed by atoms with Gasteiger partial charge in [0, 0.05) is 31.1 Å². The monoisotopic (exact) mass is 424 g/mol. The Morgan fingerprint density at radius 2 is 2.00 bits per heavy atom. The van der Waals surface area contributed by atoms with Crippen LogP contribution < -0.4 is 5.32 Å². The molecule has 0 atom stereocenters. The Labute approximate surface area is 179 Å². The van der Waals surface area contributed by atoms with Crippen molar-refractivity contribution in [3.63, 3.8) is 0 Å². The number of phenols is 1. The summed E-state index contributed by atoms with van der Waals surface area (Å²) < 4.78 is 7.90. The molecule has 7 heteroatoms. The van der Waals surface area contributed by atoms with Gasteiger partial charge in [-0.15, -0.1) is 0 Å². The maximum absolute atomic E-state index is 10.4. The van der Waals surface area contributed by atoms with E-state index in [-0.39, 0.29) is 5.75 Å². The first-order valence-electron chi connectivity index (χ1n) is 10.7. The molecule has 2 aliphatic rings. The summed E-state index contributed by atoms with van der Waals surface area (Å²) in [5, 5.41) is 20.4. The predicted octanol–water partition coefficient (Wildman–Crippen LogP) is 5.12. The number of nitrogens with one attached hydrogen (secondary N) is 1. The van der Waals surface area contributed by atoms with Gasteiger partial charge in [-0.25, -0.2) is 9.10 Å². The van der Waals surface area contributed by atoms with Gasteiger partial charge in [0.05, 0.1) is 5.60 Å². The van der Waals surface area contributed by atoms with Gasteiger partial charge in [0.25, 0.3) is 0 Å². The summed E-state index contributed by atoms with van der Waals surface area (Å²) >= 11 is 1.59. The zero-order chi connectivity index (χ0) is 21.1. The van der Waals surface area contributed by atoms with E-state index >= 15 is 0 Å². The molecule has 1 amide bonds. The number of rotatable bonds is 8. The number of carbonyl (C=O) groups is 1. The van der Waals surface area contributed by atoms with Crippen molar-refractivity contribution in [3.05, 3.63) is 24.3 Å². The topological polar surface area (TPSA) is 82.0 Å². The fraction of sp³-hybridized carbons (Fsp3) is 0.682. The molecule has 3 rings (SSSR count). The van der Waals surface area contributed by atoms with Crippen LogP contribution in [0.2, 0.25) is 0 Å². The van der Waals surface area contributed by atoms with Gasteiger partial charge in [-0.05, 0) is 68.2 Å². The number of phenolic OH excluding ortho intramolecular Hbond substituents is 1. The molecule has 1 saturated carbocycles. The van der Waals surface area contributed by atoms with Crippen LogP contribution in [0.25, 0.3) is 0 Å². The third-order valence-corrected chi connectivity index (χ3v) is 6.24. The average Bonchev–Trinajstić information content (AvgIpc) is 3.31. The summed E-state index contributed by atoms with van der Waals surface area (Å²) in [6.07, 6.45) is 7.90. The van der Waals surface area contributed by atoms with Crippen molar-refractivity contribution in [2.45, 2.75) is 69.3 Å². The van der Waals surface area contributed by atoms with Gasteiger partial charge < -0.3 is 20.3 Å². The summed E-state index contributed by atoms with van der Waals surface area (Å²) in [4.78, 5) is 11.4. The van der Waals surface area contributed by atoms with Crippen LogP contribution in [0.3, 0.4) is 0 Å². The minimum Gasteiger partial charge on any atom is -0.508 e. The Bertz CT molecular complexity index is 597. The molecule has 1 aromatic carbocycles. The second-order valence-corrected chi connectivity index (χ2v) is 9.47. The fourth-order valence-corrected chi connectivity index (χ4v) is 5.09. The van der Waals surface area contributed by atoms with Gasteiger partial charge in [-0.2, -0.15) is 0 Å². The molecule has 2 fully saturated rings. The van der Waals surface area contributed by atoms with E-state index in [0.29, 0.717) is 18.1 Å². The number of amides is 1. The van der Waals surface area contributed by atoms with E-state index in [1.54, 1.807) is 24.1 Å². The third-order valence-electron chi connectivity index (χ3n) is 5.18. The zero-order valence-electron chi connectivity index (χ0n) is 17.7. The highest BCUT2D eigenvalue weighted by atomic mass is 32.2. The summed E-state index contributed by atoms with van der Waals surface area (Å²) in [6.45, 7) is 7.47. The van der Waals surface area contributed by atoms with E-state index in [4.69, 9.17) is 9.84 Å². The SMILES string of the molecule is C1CCC2(C1)CCCO2.CC(C)CN(CCCNC(=O)O)Sc1cccc(O)c1. The summed E-state index contributed by atoms with van der Waals surface area (Å²) in [7, 11) is 0. The zero-order valence-corrected chi connectivity index (χ0v) is 18.5.